The molecule has 0 saturated heterocycles. The zero-order valence-electron chi connectivity index (χ0n) is 10.5. The van der Waals surface area contributed by atoms with Gasteiger partial charge in [-0.25, -0.2) is 8.42 Å². The van der Waals surface area contributed by atoms with Crippen LogP contribution in [-0.2, 0) is 16.6 Å². The van der Waals surface area contributed by atoms with E-state index in [1.165, 1.54) is 11.3 Å². The fourth-order valence-electron chi connectivity index (χ4n) is 1.56. The summed E-state index contributed by atoms with van der Waals surface area (Å²) in [6, 6.07) is 6.82. The maximum absolute atomic E-state index is 12.3. The van der Waals surface area contributed by atoms with E-state index in [-0.39, 0.29) is 4.21 Å². The number of anilines is 1. The molecule has 0 aliphatic carbocycles. The molecule has 0 bridgehead atoms. The van der Waals surface area contributed by atoms with Crippen LogP contribution in [0.4, 0.5) is 5.69 Å². The molecule has 108 valence electrons. The van der Waals surface area contributed by atoms with E-state index in [1.54, 1.807) is 24.3 Å². The highest BCUT2D eigenvalue weighted by atomic mass is 127. The summed E-state index contributed by atoms with van der Waals surface area (Å²) in [5.41, 5.74) is 1.32. The third-order valence-corrected chi connectivity index (χ3v) is 6.29. The van der Waals surface area contributed by atoms with Gasteiger partial charge in [0, 0.05) is 10.1 Å². The number of thiophene rings is 1. The molecule has 0 spiro atoms. The Balaban J connectivity index is 2.26. The molecule has 1 heterocycles. The van der Waals surface area contributed by atoms with Gasteiger partial charge in [0.25, 0.3) is 10.0 Å². The summed E-state index contributed by atoms with van der Waals surface area (Å²) >= 11 is 9.35. The van der Waals surface area contributed by atoms with E-state index in [1.807, 2.05) is 12.4 Å². The summed E-state index contributed by atoms with van der Waals surface area (Å²) in [7, 11) is -1.78. The number of sulfonamides is 1. The van der Waals surface area contributed by atoms with Gasteiger partial charge >= 0.3 is 0 Å². The summed E-state index contributed by atoms with van der Waals surface area (Å²) in [5.74, 6) is 0. The molecule has 0 unspecified atom stereocenters. The van der Waals surface area contributed by atoms with Crippen molar-refractivity contribution >= 4 is 61.2 Å². The van der Waals surface area contributed by atoms with E-state index in [4.69, 9.17) is 11.6 Å². The Morgan fingerprint density at radius 1 is 1.35 bits per heavy atom. The molecule has 4 nitrogen and oxygen atoms in total. The van der Waals surface area contributed by atoms with Crippen molar-refractivity contribution in [2.24, 2.45) is 0 Å². The van der Waals surface area contributed by atoms with Crippen LogP contribution in [0.5, 0.6) is 0 Å². The molecule has 20 heavy (non-hydrogen) atoms. The lowest BCUT2D eigenvalue weighted by molar-refractivity contribution is 0.603. The van der Waals surface area contributed by atoms with Crippen LogP contribution in [0.1, 0.15) is 5.56 Å². The maximum Gasteiger partial charge on any atom is 0.271 e. The van der Waals surface area contributed by atoms with Gasteiger partial charge in [0.05, 0.1) is 10.7 Å². The zero-order valence-corrected chi connectivity index (χ0v) is 15.0. The first kappa shape index (κ1) is 16.0. The second-order valence-electron chi connectivity index (χ2n) is 4.03. The lowest BCUT2D eigenvalue weighted by Crippen LogP contribution is -2.12. The van der Waals surface area contributed by atoms with Crippen LogP contribution in [0, 0.1) is 3.57 Å². The SMILES string of the molecule is CNCc1csc(S(=O)(=O)Nc2ccc(I)cc2Cl)c1. The second-order valence-corrected chi connectivity index (χ2v) is 8.51. The van der Waals surface area contributed by atoms with Crippen molar-refractivity contribution in [1.29, 1.82) is 0 Å². The molecule has 1 aromatic carbocycles. The highest BCUT2D eigenvalue weighted by molar-refractivity contribution is 14.1. The van der Waals surface area contributed by atoms with Gasteiger partial charge < -0.3 is 5.32 Å². The van der Waals surface area contributed by atoms with Gasteiger partial charge in [-0.3, -0.25) is 4.72 Å². The molecule has 2 rings (SSSR count). The summed E-state index contributed by atoms with van der Waals surface area (Å²) in [4.78, 5) is 0. The number of hydrogen-bond donors (Lipinski definition) is 2. The van der Waals surface area contributed by atoms with Crippen LogP contribution in [0.15, 0.2) is 33.9 Å². The quantitative estimate of drug-likeness (QED) is 0.697. The Morgan fingerprint density at radius 2 is 2.10 bits per heavy atom. The molecule has 0 atom stereocenters. The largest absolute Gasteiger partial charge is 0.316 e. The molecule has 1 aromatic heterocycles. The highest BCUT2D eigenvalue weighted by Gasteiger charge is 2.18. The van der Waals surface area contributed by atoms with Crippen LogP contribution in [0.25, 0.3) is 0 Å². The minimum atomic E-state index is -3.59. The van der Waals surface area contributed by atoms with Crippen molar-refractivity contribution in [2.45, 2.75) is 10.8 Å². The van der Waals surface area contributed by atoms with Crippen LogP contribution in [-0.4, -0.2) is 15.5 Å². The number of halogens is 2. The molecular weight excluding hydrogens is 431 g/mol. The molecule has 2 N–H and O–H groups in total. The average molecular weight is 443 g/mol. The standard InChI is InChI=1S/C12H12ClIN2O2S2/c1-15-6-8-4-12(19-7-8)20(17,18)16-11-3-2-9(14)5-10(11)13/h2-5,7,15-16H,6H2,1H3. The van der Waals surface area contributed by atoms with Crippen molar-refractivity contribution < 1.29 is 8.42 Å². The first-order valence-corrected chi connectivity index (χ1v) is 9.44. The predicted molar refractivity (Wildman–Crippen MR) is 92.1 cm³/mol. The molecule has 0 aliphatic heterocycles. The minimum absolute atomic E-state index is 0.275. The Hall–Kier alpha value is -0.350. The smallest absolute Gasteiger partial charge is 0.271 e. The molecular formula is C12H12ClIN2O2S2. The molecule has 0 radical (unpaired) electrons. The summed E-state index contributed by atoms with van der Waals surface area (Å²) < 4.78 is 28.3. The predicted octanol–water partition coefficient (Wildman–Crippen LogP) is 3.53. The Kier molecular flexibility index (Phi) is 5.30. The summed E-state index contributed by atoms with van der Waals surface area (Å²) in [5, 5.41) is 5.19. The molecule has 2 aromatic rings. The van der Waals surface area contributed by atoms with Gasteiger partial charge in [-0.05, 0) is 64.8 Å². The Bertz CT molecular complexity index is 716. The number of benzene rings is 1. The van der Waals surface area contributed by atoms with Gasteiger partial charge in [-0.1, -0.05) is 11.6 Å². The Labute approximate surface area is 140 Å². The number of nitrogens with one attached hydrogen (secondary N) is 2. The summed E-state index contributed by atoms with van der Waals surface area (Å²) in [6.07, 6.45) is 0. The number of hydrogen-bond acceptors (Lipinski definition) is 4. The topological polar surface area (TPSA) is 58.2 Å². The lowest BCUT2D eigenvalue weighted by Gasteiger charge is -2.08. The van der Waals surface area contributed by atoms with Crippen molar-refractivity contribution in [3.8, 4) is 0 Å². The molecule has 0 aliphatic rings. The van der Waals surface area contributed by atoms with Crippen molar-refractivity contribution in [3.05, 3.63) is 43.8 Å². The van der Waals surface area contributed by atoms with Gasteiger partial charge in [-0.2, -0.15) is 0 Å². The first-order chi connectivity index (χ1) is 9.42. The normalized spacial score (nSPS) is 11.6. The molecule has 0 saturated carbocycles. The minimum Gasteiger partial charge on any atom is -0.316 e. The van der Waals surface area contributed by atoms with Gasteiger partial charge in [-0.15, -0.1) is 11.3 Å². The fourth-order valence-corrected chi connectivity index (χ4v) is 4.81. The molecule has 8 heteroatoms. The fraction of sp³-hybridized carbons (Fsp3) is 0.167. The van der Waals surface area contributed by atoms with Gasteiger partial charge in [0.15, 0.2) is 0 Å². The van der Waals surface area contributed by atoms with E-state index in [0.717, 1.165) is 9.13 Å². The van der Waals surface area contributed by atoms with Crippen molar-refractivity contribution in [2.75, 3.05) is 11.8 Å². The van der Waals surface area contributed by atoms with Crippen molar-refractivity contribution in [3.63, 3.8) is 0 Å². The third kappa shape index (κ3) is 3.85. The molecule has 0 fully saturated rings. The monoisotopic (exact) mass is 442 g/mol. The van der Waals surface area contributed by atoms with Crippen LogP contribution in [0.2, 0.25) is 5.02 Å². The number of rotatable bonds is 5. The maximum atomic E-state index is 12.3. The zero-order chi connectivity index (χ0) is 14.8. The van der Waals surface area contributed by atoms with Gasteiger partial charge in [0.1, 0.15) is 4.21 Å². The third-order valence-electron chi connectivity index (χ3n) is 2.45. The van der Waals surface area contributed by atoms with Crippen LogP contribution < -0.4 is 10.0 Å². The van der Waals surface area contributed by atoms with E-state index < -0.39 is 10.0 Å². The summed E-state index contributed by atoms with van der Waals surface area (Å²) in [6.45, 7) is 0.635. The lowest BCUT2D eigenvalue weighted by atomic mass is 10.3. The van der Waals surface area contributed by atoms with Crippen molar-refractivity contribution in [1.82, 2.24) is 5.32 Å². The van der Waals surface area contributed by atoms with Crippen LogP contribution in [0.3, 0.4) is 0 Å². The van der Waals surface area contributed by atoms with E-state index in [0.29, 0.717) is 17.3 Å². The van der Waals surface area contributed by atoms with E-state index in [9.17, 15) is 8.42 Å². The average Bonchev–Trinajstić information content (AvgIpc) is 2.83. The van der Waals surface area contributed by atoms with Gasteiger partial charge in [0.2, 0.25) is 0 Å². The van der Waals surface area contributed by atoms with E-state index in [2.05, 4.69) is 32.6 Å². The second kappa shape index (κ2) is 6.61. The molecule has 0 amide bonds. The van der Waals surface area contributed by atoms with Crippen LogP contribution >= 0.6 is 45.5 Å². The van der Waals surface area contributed by atoms with E-state index >= 15 is 0 Å². The Morgan fingerprint density at radius 3 is 2.75 bits per heavy atom. The first-order valence-electron chi connectivity index (χ1n) is 5.62. The highest BCUT2D eigenvalue weighted by Crippen LogP contribution is 2.28.